The first kappa shape index (κ1) is 20.0. The lowest BCUT2D eigenvalue weighted by Crippen LogP contribution is -2.47. The average Bonchev–Trinajstić information content (AvgIpc) is 2.84. The first-order chi connectivity index (χ1) is 12.0. The highest BCUT2D eigenvalue weighted by molar-refractivity contribution is 5.87. The van der Waals surface area contributed by atoms with E-state index in [9.17, 15) is 9.59 Å². The highest BCUT2D eigenvalue weighted by Gasteiger charge is 2.27. The van der Waals surface area contributed by atoms with Crippen LogP contribution in [0.2, 0.25) is 0 Å². The van der Waals surface area contributed by atoms with E-state index in [0.29, 0.717) is 0 Å². The van der Waals surface area contributed by atoms with E-state index in [-0.39, 0.29) is 29.9 Å². The van der Waals surface area contributed by atoms with Crippen molar-refractivity contribution in [2.45, 2.75) is 59.9 Å². The van der Waals surface area contributed by atoms with Crippen LogP contribution < -0.4 is 5.32 Å². The van der Waals surface area contributed by atoms with Gasteiger partial charge in [0.1, 0.15) is 5.58 Å². The number of nitrogens with one attached hydrogen (secondary N) is 1. The first-order valence-electron chi connectivity index (χ1n) is 8.89. The van der Waals surface area contributed by atoms with Crippen molar-refractivity contribution in [1.29, 1.82) is 0 Å². The Morgan fingerprint density at radius 3 is 2.50 bits per heavy atom. The van der Waals surface area contributed by atoms with Gasteiger partial charge in [-0.1, -0.05) is 32.9 Å². The van der Waals surface area contributed by atoms with E-state index in [1.807, 2.05) is 39.0 Å². The summed E-state index contributed by atoms with van der Waals surface area (Å²) in [4.78, 5) is 24.2. The molecule has 0 unspecified atom stereocenters. The molecule has 1 aromatic carbocycles. The third kappa shape index (κ3) is 5.90. The van der Waals surface area contributed by atoms with Gasteiger partial charge in [-0.2, -0.15) is 0 Å². The zero-order chi connectivity index (χ0) is 19.5. The van der Waals surface area contributed by atoms with Crippen LogP contribution in [0.1, 0.15) is 52.2 Å². The number of fused-ring (bicyclic) bond motifs is 1. The number of hydrogen-bond acceptors (Lipinski definition) is 4. The van der Waals surface area contributed by atoms with Crippen LogP contribution >= 0.6 is 0 Å². The quantitative estimate of drug-likeness (QED) is 0.787. The van der Waals surface area contributed by atoms with Gasteiger partial charge in [-0.3, -0.25) is 9.59 Å². The number of furan rings is 1. The smallest absolute Gasteiger partial charge is 0.310 e. The summed E-state index contributed by atoms with van der Waals surface area (Å²) in [5, 5.41) is 3.82. The van der Waals surface area contributed by atoms with Gasteiger partial charge in [-0.15, -0.1) is 0 Å². The number of carbonyl (C=O) groups is 2. The van der Waals surface area contributed by atoms with Gasteiger partial charge in [0.15, 0.2) is 6.61 Å². The fraction of sp³-hybridized carbons (Fsp3) is 0.524. The molecule has 0 fully saturated rings. The Labute approximate surface area is 155 Å². The summed E-state index contributed by atoms with van der Waals surface area (Å²) in [5.74, 6) is -0.739. The summed E-state index contributed by atoms with van der Waals surface area (Å²) < 4.78 is 10.6. The Morgan fingerprint density at radius 1 is 1.15 bits per heavy atom. The molecule has 0 saturated carbocycles. The standard InChI is InChI=1S/C21H29NO4/c1-14-7-8-16-15(11-25-17(16)9-14)10-19(24)26-12-18(23)22-21(5,6)13-20(2,3)4/h7-9,11H,10,12-13H2,1-6H3,(H,22,23). The molecule has 1 heterocycles. The van der Waals surface area contributed by atoms with Crippen LogP contribution in [0.25, 0.3) is 11.0 Å². The third-order valence-corrected chi connectivity index (χ3v) is 3.96. The lowest BCUT2D eigenvalue weighted by atomic mass is 9.82. The Morgan fingerprint density at radius 2 is 1.85 bits per heavy atom. The maximum atomic E-state index is 12.1. The minimum absolute atomic E-state index is 0.0781. The number of aryl methyl sites for hydroxylation is 1. The van der Waals surface area contributed by atoms with Crippen LogP contribution in [-0.4, -0.2) is 24.0 Å². The molecule has 0 aliphatic rings. The predicted octanol–water partition coefficient (Wildman–Crippen LogP) is 4.16. The van der Waals surface area contributed by atoms with Gasteiger partial charge in [-0.05, 0) is 44.2 Å². The minimum atomic E-state index is -0.447. The number of amides is 1. The van der Waals surface area contributed by atoms with Crippen molar-refractivity contribution in [2.24, 2.45) is 5.41 Å². The molecule has 1 aromatic heterocycles. The Balaban J connectivity index is 1.87. The summed E-state index contributed by atoms with van der Waals surface area (Å²) in [6.07, 6.45) is 2.46. The topological polar surface area (TPSA) is 68.5 Å². The van der Waals surface area contributed by atoms with Crippen LogP contribution in [-0.2, 0) is 20.7 Å². The number of carbonyl (C=O) groups excluding carboxylic acids is 2. The van der Waals surface area contributed by atoms with Crippen molar-refractivity contribution in [3.05, 3.63) is 35.6 Å². The monoisotopic (exact) mass is 359 g/mol. The molecule has 5 heteroatoms. The second-order valence-corrected chi connectivity index (χ2v) is 8.77. The fourth-order valence-corrected chi connectivity index (χ4v) is 3.46. The Bertz CT molecular complexity index is 796. The molecule has 0 radical (unpaired) electrons. The van der Waals surface area contributed by atoms with Gasteiger partial charge in [0, 0.05) is 16.5 Å². The first-order valence-corrected chi connectivity index (χ1v) is 8.89. The summed E-state index contributed by atoms with van der Waals surface area (Å²) >= 11 is 0. The third-order valence-electron chi connectivity index (χ3n) is 3.96. The number of benzene rings is 1. The van der Waals surface area contributed by atoms with Gasteiger partial charge in [-0.25, -0.2) is 0 Å². The van der Waals surface area contributed by atoms with Gasteiger partial charge >= 0.3 is 5.97 Å². The van der Waals surface area contributed by atoms with Crippen LogP contribution in [0.3, 0.4) is 0 Å². The van der Waals surface area contributed by atoms with E-state index in [2.05, 4.69) is 26.1 Å². The van der Waals surface area contributed by atoms with Crippen LogP contribution in [0.4, 0.5) is 0 Å². The summed E-state index contributed by atoms with van der Waals surface area (Å²) in [6.45, 7) is 12.0. The van der Waals surface area contributed by atoms with Gasteiger partial charge in [0.25, 0.3) is 5.91 Å². The second kappa shape index (κ2) is 7.52. The van der Waals surface area contributed by atoms with Crippen molar-refractivity contribution in [3.63, 3.8) is 0 Å². The molecule has 2 aromatic rings. The molecule has 0 aliphatic heterocycles. The lowest BCUT2D eigenvalue weighted by Gasteiger charge is -2.33. The van der Waals surface area contributed by atoms with Crippen molar-refractivity contribution in [1.82, 2.24) is 5.32 Å². The minimum Gasteiger partial charge on any atom is -0.464 e. The van der Waals surface area contributed by atoms with E-state index in [1.54, 1.807) is 6.26 Å². The summed E-state index contributed by atoms with van der Waals surface area (Å²) in [7, 11) is 0. The fourth-order valence-electron chi connectivity index (χ4n) is 3.46. The number of rotatable bonds is 6. The number of esters is 1. The Hall–Kier alpha value is -2.30. The molecule has 0 atom stereocenters. The number of ether oxygens (including phenoxy) is 1. The van der Waals surface area contributed by atoms with Crippen LogP contribution in [0, 0.1) is 12.3 Å². The molecule has 0 saturated heterocycles. The van der Waals surface area contributed by atoms with Gasteiger partial charge < -0.3 is 14.5 Å². The zero-order valence-electron chi connectivity index (χ0n) is 16.6. The van der Waals surface area contributed by atoms with Gasteiger partial charge in [0.05, 0.1) is 12.7 Å². The molecule has 1 N–H and O–H groups in total. The Kier molecular flexibility index (Phi) is 5.79. The molecular formula is C21H29NO4. The van der Waals surface area contributed by atoms with E-state index in [0.717, 1.165) is 28.5 Å². The van der Waals surface area contributed by atoms with E-state index < -0.39 is 5.97 Å². The second-order valence-electron chi connectivity index (χ2n) is 8.77. The molecular weight excluding hydrogens is 330 g/mol. The van der Waals surface area contributed by atoms with Crippen LogP contribution in [0.5, 0.6) is 0 Å². The van der Waals surface area contributed by atoms with E-state index in [4.69, 9.17) is 9.15 Å². The highest BCUT2D eigenvalue weighted by Crippen LogP contribution is 2.26. The maximum absolute atomic E-state index is 12.1. The average molecular weight is 359 g/mol. The molecule has 0 spiro atoms. The summed E-state index contributed by atoms with van der Waals surface area (Å²) in [5.41, 5.74) is 2.33. The van der Waals surface area contributed by atoms with E-state index in [1.165, 1.54) is 0 Å². The number of hydrogen-bond donors (Lipinski definition) is 1. The molecule has 2 rings (SSSR count). The van der Waals surface area contributed by atoms with Crippen molar-refractivity contribution < 1.29 is 18.7 Å². The van der Waals surface area contributed by atoms with Crippen LogP contribution in [0.15, 0.2) is 28.9 Å². The SMILES string of the molecule is Cc1ccc2c(CC(=O)OCC(=O)NC(C)(C)CC(C)(C)C)coc2c1. The van der Waals surface area contributed by atoms with Crippen molar-refractivity contribution >= 4 is 22.8 Å². The zero-order valence-corrected chi connectivity index (χ0v) is 16.6. The maximum Gasteiger partial charge on any atom is 0.310 e. The molecule has 5 nitrogen and oxygen atoms in total. The molecule has 26 heavy (non-hydrogen) atoms. The van der Waals surface area contributed by atoms with Gasteiger partial charge in [0.2, 0.25) is 0 Å². The van der Waals surface area contributed by atoms with Crippen molar-refractivity contribution in [2.75, 3.05) is 6.61 Å². The molecule has 142 valence electrons. The van der Waals surface area contributed by atoms with E-state index >= 15 is 0 Å². The normalized spacial score (nSPS) is 12.2. The van der Waals surface area contributed by atoms with Crippen molar-refractivity contribution in [3.8, 4) is 0 Å². The molecule has 0 bridgehead atoms. The summed E-state index contributed by atoms with van der Waals surface area (Å²) in [6, 6.07) is 5.82. The largest absolute Gasteiger partial charge is 0.464 e. The highest BCUT2D eigenvalue weighted by atomic mass is 16.5. The predicted molar refractivity (Wildman–Crippen MR) is 102 cm³/mol. The molecule has 0 aliphatic carbocycles. The molecule has 1 amide bonds. The lowest BCUT2D eigenvalue weighted by molar-refractivity contribution is -0.148.